The molecule has 98 valence electrons. The quantitative estimate of drug-likeness (QED) is 0.455. The van der Waals surface area contributed by atoms with E-state index in [2.05, 4.69) is 52.8 Å². The molecule has 0 aliphatic carbocycles. The van der Waals surface area contributed by atoms with Crippen molar-refractivity contribution in [2.24, 2.45) is 18.5 Å². The first-order valence-corrected chi connectivity index (χ1v) is 5.42. The molecule has 0 unspecified atom stereocenters. The third-order valence-electron chi connectivity index (χ3n) is 2.03. The van der Waals surface area contributed by atoms with Crippen LogP contribution in [0.1, 0.15) is 5.56 Å². The molecule has 0 saturated carbocycles. The Kier molecular flexibility index (Phi) is 8.58. The van der Waals surface area contributed by atoms with Gasteiger partial charge in [0.15, 0.2) is 12.4 Å². The molecule has 6 nitrogen and oxygen atoms in total. The number of rotatable bonds is 2. The zero-order valence-electron chi connectivity index (χ0n) is 10.8. The van der Waals surface area contributed by atoms with Crippen LogP contribution >= 0.6 is 0 Å². The van der Waals surface area contributed by atoms with Gasteiger partial charge in [0.05, 0.1) is 7.05 Å². The largest absolute Gasteiger partial charge is 0.337 e. The van der Waals surface area contributed by atoms with Gasteiger partial charge >= 0.3 is 0 Å². The molecule has 0 aliphatic heterocycles. The summed E-state index contributed by atoms with van der Waals surface area (Å²) in [5.74, 6) is 0. The smallest absolute Gasteiger partial charge is 0.243 e. The van der Waals surface area contributed by atoms with E-state index in [-0.39, 0.29) is 0 Å². The topological polar surface area (TPSA) is 108 Å². The zero-order chi connectivity index (χ0) is 14.5. The fourth-order valence-corrected chi connectivity index (χ4v) is 1.39. The van der Waals surface area contributed by atoms with Gasteiger partial charge in [-0.3, -0.25) is 0 Å². The summed E-state index contributed by atoms with van der Waals surface area (Å²) in [6.07, 6.45) is 8.70. The summed E-state index contributed by atoms with van der Waals surface area (Å²) in [6.45, 7) is 0.946. The predicted molar refractivity (Wildman–Crippen MR) is 70.8 cm³/mol. The van der Waals surface area contributed by atoms with Crippen LogP contribution in [0.4, 0.5) is 0 Å². The lowest BCUT2D eigenvalue weighted by Crippen LogP contribution is -2.31. The van der Waals surface area contributed by atoms with E-state index in [1.807, 2.05) is 23.9 Å². The highest BCUT2D eigenvalue weighted by Gasteiger charge is 1.99. The molecule has 0 fully saturated rings. The predicted octanol–water partition coefficient (Wildman–Crippen LogP) is 0.213. The lowest BCUT2D eigenvalue weighted by Gasteiger charge is -1.95. The van der Waals surface area contributed by atoms with Crippen molar-refractivity contribution in [3.63, 3.8) is 0 Å². The first-order chi connectivity index (χ1) is 9.17. The minimum Gasteiger partial charge on any atom is -0.337 e. The first kappa shape index (κ1) is 16.0. The molecule has 0 amide bonds. The van der Waals surface area contributed by atoms with Crippen LogP contribution in [0.25, 0.3) is 0 Å². The average molecular weight is 257 g/mol. The van der Waals surface area contributed by atoms with E-state index in [1.54, 1.807) is 0 Å². The molecular formula is C13H17N6+. The number of nitriles is 2. The zero-order valence-corrected chi connectivity index (χ0v) is 10.8. The second-order valence-electron chi connectivity index (χ2n) is 3.50. The molecule has 0 spiro atoms. The second kappa shape index (κ2) is 10.2. The second-order valence-corrected chi connectivity index (χ2v) is 3.50. The van der Waals surface area contributed by atoms with Gasteiger partial charge in [-0.2, -0.15) is 10.5 Å². The van der Waals surface area contributed by atoms with Gasteiger partial charge in [-0.1, -0.05) is 30.3 Å². The highest BCUT2D eigenvalue weighted by Crippen LogP contribution is 1.96. The minimum atomic E-state index is 0.946. The van der Waals surface area contributed by atoms with E-state index in [1.165, 1.54) is 17.9 Å². The van der Waals surface area contributed by atoms with Crippen LogP contribution in [0.3, 0.4) is 0 Å². The molecule has 1 aromatic heterocycles. The van der Waals surface area contributed by atoms with Crippen LogP contribution in [0.5, 0.6) is 0 Å². The summed E-state index contributed by atoms with van der Waals surface area (Å²) in [7, 11) is 2.03. The number of aryl methyl sites for hydroxylation is 1. The Morgan fingerprint density at radius 2 is 1.68 bits per heavy atom. The summed E-state index contributed by atoms with van der Waals surface area (Å²) in [5, 5.41) is 14.2. The molecule has 4 N–H and O–H groups in total. The Morgan fingerprint density at radius 1 is 1.16 bits per heavy atom. The molecule has 0 atom stereocenters. The van der Waals surface area contributed by atoms with Crippen molar-refractivity contribution in [1.29, 1.82) is 10.5 Å². The number of nitrogens with two attached hydrogens (primary N) is 2. The Labute approximate surface area is 112 Å². The highest BCUT2D eigenvalue weighted by atomic mass is 15.1. The Morgan fingerprint density at radius 3 is 2.11 bits per heavy atom. The monoisotopic (exact) mass is 257 g/mol. The Bertz CT molecular complexity index is 520. The summed E-state index contributed by atoms with van der Waals surface area (Å²) in [4.78, 5) is 0. The van der Waals surface area contributed by atoms with Gasteiger partial charge in [0, 0.05) is 0 Å². The number of nitrogens with zero attached hydrogens (tertiary/aromatic N) is 4. The number of hydrogen-bond donors (Lipinski definition) is 2. The van der Waals surface area contributed by atoms with E-state index < -0.39 is 0 Å². The van der Waals surface area contributed by atoms with E-state index >= 15 is 0 Å². The first-order valence-electron chi connectivity index (χ1n) is 5.42. The molecule has 2 rings (SSSR count). The molecule has 1 aromatic carbocycles. The molecule has 0 bridgehead atoms. The SMILES string of the molecule is Cn1cc[n+](Cc2ccccc2)c1.N#CN.N#CN. The fraction of sp³-hybridized carbons (Fsp3) is 0.154. The molecule has 1 heterocycles. The van der Waals surface area contributed by atoms with Gasteiger partial charge in [-0.15, -0.1) is 0 Å². The van der Waals surface area contributed by atoms with Crippen LogP contribution in [0.15, 0.2) is 49.1 Å². The molecule has 6 heteroatoms. The summed E-state index contributed by atoms with van der Waals surface area (Å²) < 4.78 is 4.21. The average Bonchev–Trinajstić information content (AvgIpc) is 2.78. The van der Waals surface area contributed by atoms with Crippen molar-refractivity contribution in [2.75, 3.05) is 0 Å². The van der Waals surface area contributed by atoms with Crippen LogP contribution in [0.2, 0.25) is 0 Å². The third kappa shape index (κ3) is 7.83. The fourth-order valence-electron chi connectivity index (χ4n) is 1.39. The number of aromatic nitrogens is 2. The van der Waals surface area contributed by atoms with Gasteiger partial charge in [-0.05, 0) is 5.56 Å². The van der Waals surface area contributed by atoms with Crippen molar-refractivity contribution in [3.8, 4) is 12.4 Å². The number of imidazole rings is 1. The van der Waals surface area contributed by atoms with Crippen LogP contribution in [-0.2, 0) is 13.6 Å². The maximum absolute atomic E-state index is 7.10. The van der Waals surface area contributed by atoms with Crippen LogP contribution in [-0.4, -0.2) is 4.57 Å². The standard InChI is InChI=1S/C11H13N2.2CH2N2/c1-12-7-8-13(10-12)9-11-5-3-2-4-6-11;2*2-1-3/h2-8,10H,9H2,1H3;2*2H2/q+1;;. The van der Waals surface area contributed by atoms with Gasteiger partial charge in [0.1, 0.15) is 18.9 Å². The van der Waals surface area contributed by atoms with Crippen molar-refractivity contribution >= 4 is 0 Å². The Balaban J connectivity index is 0.000000465. The van der Waals surface area contributed by atoms with Crippen molar-refractivity contribution in [1.82, 2.24) is 4.57 Å². The van der Waals surface area contributed by atoms with Gasteiger partial charge in [0.2, 0.25) is 6.33 Å². The molecule has 0 aliphatic rings. The molecular weight excluding hydrogens is 240 g/mol. The lowest BCUT2D eigenvalue weighted by molar-refractivity contribution is -0.687. The van der Waals surface area contributed by atoms with E-state index in [0.29, 0.717) is 0 Å². The maximum Gasteiger partial charge on any atom is 0.243 e. The van der Waals surface area contributed by atoms with Crippen molar-refractivity contribution in [2.45, 2.75) is 6.54 Å². The van der Waals surface area contributed by atoms with E-state index in [9.17, 15) is 0 Å². The molecule has 0 radical (unpaired) electrons. The Hall–Kier alpha value is -2.99. The number of hydrogen-bond acceptors (Lipinski definition) is 4. The van der Waals surface area contributed by atoms with E-state index in [4.69, 9.17) is 10.5 Å². The minimum absolute atomic E-state index is 0.946. The van der Waals surface area contributed by atoms with Gasteiger partial charge in [0.25, 0.3) is 0 Å². The molecule has 2 aromatic rings. The third-order valence-corrected chi connectivity index (χ3v) is 2.03. The van der Waals surface area contributed by atoms with Crippen molar-refractivity contribution in [3.05, 3.63) is 54.6 Å². The lowest BCUT2D eigenvalue weighted by atomic mass is 10.2. The van der Waals surface area contributed by atoms with Gasteiger partial charge in [-0.25, -0.2) is 9.13 Å². The molecule has 0 saturated heterocycles. The van der Waals surface area contributed by atoms with Gasteiger partial charge < -0.3 is 11.5 Å². The number of benzene rings is 1. The molecule has 19 heavy (non-hydrogen) atoms. The van der Waals surface area contributed by atoms with E-state index in [0.717, 1.165) is 6.54 Å². The van der Waals surface area contributed by atoms with Crippen molar-refractivity contribution < 1.29 is 4.57 Å². The van der Waals surface area contributed by atoms with Crippen LogP contribution in [0, 0.1) is 22.9 Å². The maximum atomic E-state index is 7.10. The highest BCUT2D eigenvalue weighted by molar-refractivity contribution is 5.13. The normalized spacial score (nSPS) is 7.74. The summed E-state index contributed by atoms with van der Waals surface area (Å²) in [5.41, 5.74) is 9.64. The summed E-state index contributed by atoms with van der Waals surface area (Å²) >= 11 is 0. The summed E-state index contributed by atoms with van der Waals surface area (Å²) in [6, 6.07) is 10.5. The van der Waals surface area contributed by atoms with Crippen LogP contribution < -0.4 is 16.0 Å².